The summed E-state index contributed by atoms with van der Waals surface area (Å²) < 4.78 is 24.6. The van der Waals surface area contributed by atoms with Gasteiger partial charge >= 0.3 is 0 Å². The Labute approximate surface area is 95.2 Å². The topological polar surface area (TPSA) is 89.3 Å². The van der Waals surface area contributed by atoms with Gasteiger partial charge in [0.1, 0.15) is 0 Å². The monoisotopic (exact) mass is 254 g/mol. The summed E-state index contributed by atoms with van der Waals surface area (Å²) in [7, 11) is -3.55. The largest absolute Gasteiger partial charge is 0.320 e. The fourth-order valence-electron chi connectivity index (χ4n) is 0.710. The standard InChI is InChI=1S/C8H18N2O3S2/c1-6(2)15(12,13)10-8(11)7(9)4-5-14-3/h6-7H,4-5,9H2,1-3H3,(H,10,11). The maximum atomic E-state index is 11.3. The number of hydrogen-bond acceptors (Lipinski definition) is 5. The molecule has 0 saturated heterocycles. The molecule has 7 heteroatoms. The lowest BCUT2D eigenvalue weighted by atomic mass is 10.2. The fourth-order valence-corrected chi connectivity index (χ4v) is 1.87. The average molecular weight is 254 g/mol. The molecular weight excluding hydrogens is 236 g/mol. The lowest BCUT2D eigenvalue weighted by Gasteiger charge is -2.13. The van der Waals surface area contributed by atoms with Crippen LogP contribution in [-0.2, 0) is 14.8 Å². The van der Waals surface area contributed by atoms with Gasteiger partial charge in [-0.2, -0.15) is 11.8 Å². The first kappa shape index (κ1) is 14.7. The van der Waals surface area contributed by atoms with Crippen molar-refractivity contribution in [3.63, 3.8) is 0 Å². The highest BCUT2D eigenvalue weighted by atomic mass is 32.2. The maximum Gasteiger partial charge on any atom is 0.250 e. The zero-order valence-corrected chi connectivity index (χ0v) is 10.8. The molecule has 0 aromatic rings. The molecular formula is C8H18N2O3S2. The molecule has 0 rings (SSSR count). The quantitative estimate of drug-likeness (QED) is 0.692. The molecule has 0 aliphatic rings. The predicted octanol–water partition coefficient (Wildman–Crippen LogP) is -0.0788. The van der Waals surface area contributed by atoms with E-state index in [1.165, 1.54) is 13.8 Å². The first-order chi connectivity index (χ1) is 6.81. The smallest absolute Gasteiger partial charge is 0.250 e. The van der Waals surface area contributed by atoms with E-state index in [4.69, 9.17) is 5.73 Å². The lowest BCUT2D eigenvalue weighted by Crippen LogP contribution is -2.45. The number of hydrogen-bond donors (Lipinski definition) is 2. The van der Waals surface area contributed by atoms with Gasteiger partial charge in [-0.15, -0.1) is 0 Å². The number of carbonyl (C=O) groups is 1. The van der Waals surface area contributed by atoms with Crippen LogP contribution in [0.5, 0.6) is 0 Å². The van der Waals surface area contributed by atoms with Crippen molar-refractivity contribution in [2.24, 2.45) is 5.73 Å². The summed E-state index contributed by atoms with van der Waals surface area (Å²) in [4.78, 5) is 11.3. The van der Waals surface area contributed by atoms with Crippen molar-refractivity contribution in [2.75, 3.05) is 12.0 Å². The maximum absolute atomic E-state index is 11.3. The van der Waals surface area contributed by atoms with Gasteiger partial charge in [0.25, 0.3) is 0 Å². The van der Waals surface area contributed by atoms with Crippen molar-refractivity contribution in [3.8, 4) is 0 Å². The van der Waals surface area contributed by atoms with Crippen LogP contribution >= 0.6 is 11.8 Å². The number of nitrogens with two attached hydrogens (primary N) is 1. The molecule has 3 N–H and O–H groups in total. The van der Waals surface area contributed by atoms with Crippen molar-refractivity contribution in [3.05, 3.63) is 0 Å². The van der Waals surface area contributed by atoms with Crippen LogP contribution < -0.4 is 10.5 Å². The van der Waals surface area contributed by atoms with E-state index in [1.807, 2.05) is 11.0 Å². The highest BCUT2D eigenvalue weighted by molar-refractivity contribution is 7.98. The normalized spacial score (nSPS) is 13.9. The van der Waals surface area contributed by atoms with Crippen LogP contribution in [0.1, 0.15) is 20.3 Å². The third kappa shape index (κ3) is 5.39. The first-order valence-electron chi connectivity index (χ1n) is 4.61. The van der Waals surface area contributed by atoms with Crippen LogP contribution in [0.4, 0.5) is 0 Å². The van der Waals surface area contributed by atoms with Crippen LogP contribution in [0.3, 0.4) is 0 Å². The molecule has 0 aromatic heterocycles. The fraction of sp³-hybridized carbons (Fsp3) is 0.875. The van der Waals surface area contributed by atoms with Crippen molar-refractivity contribution in [1.29, 1.82) is 0 Å². The van der Waals surface area contributed by atoms with Gasteiger partial charge in [-0.25, -0.2) is 8.42 Å². The Hall–Kier alpha value is -0.270. The zero-order valence-electron chi connectivity index (χ0n) is 9.19. The van der Waals surface area contributed by atoms with Crippen molar-refractivity contribution in [1.82, 2.24) is 4.72 Å². The van der Waals surface area contributed by atoms with Gasteiger partial charge in [0.2, 0.25) is 15.9 Å². The Bertz CT molecular complexity index is 301. The van der Waals surface area contributed by atoms with E-state index in [0.717, 1.165) is 5.75 Å². The molecule has 0 radical (unpaired) electrons. The van der Waals surface area contributed by atoms with Gasteiger partial charge in [0.15, 0.2) is 0 Å². The minimum atomic E-state index is -3.55. The average Bonchev–Trinajstić information content (AvgIpc) is 2.13. The second-order valence-corrected chi connectivity index (χ2v) is 6.67. The third-order valence-electron chi connectivity index (χ3n) is 1.83. The molecule has 5 nitrogen and oxygen atoms in total. The minimum absolute atomic E-state index is 0.473. The van der Waals surface area contributed by atoms with Crippen LogP contribution in [-0.4, -0.2) is 37.6 Å². The molecule has 1 unspecified atom stereocenters. The summed E-state index contributed by atoms with van der Waals surface area (Å²) >= 11 is 1.56. The summed E-state index contributed by atoms with van der Waals surface area (Å²) in [5.41, 5.74) is 5.52. The second kappa shape index (κ2) is 6.34. The van der Waals surface area contributed by atoms with Gasteiger partial charge in [-0.1, -0.05) is 0 Å². The molecule has 1 amide bonds. The van der Waals surface area contributed by atoms with E-state index < -0.39 is 27.2 Å². The zero-order chi connectivity index (χ0) is 12.1. The Morgan fingerprint density at radius 2 is 2.00 bits per heavy atom. The predicted molar refractivity (Wildman–Crippen MR) is 63.2 cm³/mol. The highest BCUT2D eigenvalue weighted by Gasteiger charge is 2.22. The summed E-state index contributed by atoms with van der Waals surface area (Å²) in [6, 6.07) is -0.758. The van der Waals surface area contributed by atoms with Gasteiger partial charge in [0, 0.05) is 0 Å². The molecule has 0 aromatic carbocycles. The molecule has 0 aliphatic heterocycles. The Balaban J connectivity index is 4.25. The molecule has 0 saturated carbocycles. The molecule has 15 heavy (non-hydrogen) atoms. The Kier molecular flexibility index (Phi) is 6.23. The van der Waals surface area contributed by atoms with Crippen LogP contribution in [0.2, 0.25) is 0 Å². The molecule has 0 spiro atoms. The van der Waals surface area contributed by atoms with E-state index >= 15 is 0 Å². The van der Waals surface area contributed by atoms with E-state index in [-0.39, 0.29) is 0 Å². The van der Waals surface area contributed by atoms with Gasteiger partial charge in [-0.3, -0.25) is 9.52 Å². The van der Waals surface area contributed by atoms with Crippen LogP contribution in [0.15, 0.2) is 0 Å². The number of sulfonamides is 1. The highest BCUT2D eigenvalue weighted by Crippen LogP contribution is 2.01. The summed E-state index contributed by atoms with van der Waals surface area (Å²) in [5.74, 6) is 0.105. The molecule has 0 aliphatic carbocycles. The molecule has 90 valence electrons. The molecule has 1 atom stereocenters. The van der Waals surface area contributed by atoms with Gasteiger partial charge < -0.3 is 5.73 Å². The SMILES string of the molecule is CSCCC(N)C(=O)NS(=O)(=O)C(C)C. The van der Waals surface area contributed by atoms with Crippen LogP contribution in [0, 0.1) is 0 Å². The van der Waals surface area contributed by atoms with Crippen molar-refractivity contribution < 1.29 is 13.2 Å². The van der Waals surface area contributed by atoms with Crippen molar-refractivity contribution in [2.45, 2.75) is 31.6 Å². The Morgan fingerprint density at radius 1 is 1.47 bits per heavy atom. The summed E-state index contributed by atoms with van der Waals surface area (Å²) in [5, 5.41) is -0.630. The lowest BCUT2D eigenvalue weighted by molar-refractivity contribution is -0.120. The van der Waals surface area contributed by atoms with Gasteiger partial charge in [0.05, 0.1) is 11.3 Å². The second-order valence-electron chi connectivity index (χ2n) is 3.45. The number of nitrogens with one attached hydrogen (secondary N) is 1. The van der Waals surface area contributed by atoms with E-state index in [0.29, 0.717) is 6.42 Å². The molecule has 0 fully saturated rings. The molecule has 0 heterocycles. The summed E-state index contributed by atoms with van der Waals surface area (Å²) in [6.45, 7) is 3.01. The van der Waals surface area contributed by atoms with Crippen LogP contribution in [0.25, 0.3) is 0 Å². The number of amides is 1. The Morgan fingerprint density at radius 3 is 2.40 bits per heavy atom. The number of rotatable bonds is 6. The van der Waals surface area contributed by atoms with Gasteiger partial charge in [-0.05, 0) is 32.3 Å². The molecule has 0 bridgehead atoms. The van der Waals surface area contributed by atoms with E-state index in [1.54, 1.807) is 11.8 Å². The summed E-state index contributed by atoms with van der Waals surface area (Å²) in [6.07, 6.45) is 2.37. The minimum Gasteiger partial charge on any atom is -0.320 e. The number of thioether (sulfide) groups is 1. The van der Waals surface area contributed by atoms with E-state index in [2.05, 4.69) is 0 Å². The first-order valence-corrected chi connectivity index (χ1v) is 7.55. The third-order valence-corrected chi connectivity index (χ3v) is 4.20. The van der Waals surface area contributed by atoms with Crippen molar-refractivity contribution >= 4 is 27.7 Å². The number of carbonyl (C=O) groups excluding carboxylic acids is 1. The van der Waals surface area contributed by atoms with E-state index in [9.17, 15) is 13.2 Å².